The van der Waals surface area contributed by atoms with Crippen molar-refractivity contribution in [1.29, 1.82) is 0 Å². The van der Waals surface area contributed by atoms with Gasteiger partial charge in [0.15, 0.2) is 11.6 Å². The van der Waals surface area contributed by atoms with E-state index in [0.29, 0.717) is 17.2 Å². The van der Waals surface area contributed by atoms with E-state index in [4.69, 9.17) is 5.73 Å². The van der Waals surface area contributed by atoms with Crippen LogP contribution in [0.5, 0.6) is 0 Å². The normalized spacial score (nSPS) is 12.0. The van der Waals surface area contributed by atoms with Gasteiger partial charge >= 0.3 is 5.97 Å². The van der Waals surface area contributed by atoms with Gasteiger partial charge in [0, 0.05) is 12.1 Å². The summed E-state index contributed by atoms with van der Waals surface area (Å²) in [7, 11) is 1.27. The quantitative estimate of drug-likeness (QED) is 0.697. The van der Waals surface area contributed by atoms with Crippen molar-refractivity contribution in [1.82, 2.24) is 0 Å². The zero-order valence-corrected chi connectivity index (χ0v) is 11.8. The number of ether oxygens (including phenoxy) is 1. The van der Waals surface area contributed by atoms with Gasteiger partial charge in [0.2, 0.25) is 0 Å². The molecule has 0 spiro atoms. The van der Waals surface area contributed by atoms with Crippen LogP contribution >= 0.6 is 0 Å². The highest BCUT2D eigenvalue weighted by Gasteiger charge is 2.15. The molecule has 0 unspecified atom stereocenters. The molecule has 2 aromatic carbocycles. The van der Waals surface area contributed by atoms with Gasteiger partial charge in [-0.1, -0.05) is 12.1 Å². The summed E-state index contributed by atoms with van der Waals surface area (Å²) in [5.74, 6) is -3.69. The van der Waals surface area contributed by atoms with Crippen molar-refractivity contribution >= 4 is 5.97 Å². The topological polar surface area (TPSA) is 52.3 Å². The van der Waals surface area contributed by atoms with Gasteiger partial charge in [-0.3, -0.25) is 0 Å². The van der Waals surface area contributed by atoms with Crippen LogP contribution in [0, 0.1) is 17.5 Å². The highest BCUT2D eigenvalue weighted by Crippen LogP contribution is 2.21. The van der Waals surface area contributed by atoms with E-state index >= 15 is 0 Å². The molecule has 0 saturated heterocycles. The summed E-state index contributed by atoms with van der Waals surface area (Å²) in [6.07, 6.45) is 0.000599. The smallest absolute Gasteiger partial charge is 0.337 e. The Hall–Kier alpha value is -2.34. The molecule has 116 valence electrons. The maximum Gasteiger partial charge on any atom is 0.337 e. The number of benzene rings is 2. The number of carbonyl (C=O) groups is 1. The Morgan fingerprint density at radius 1 is 1.09 bits per heavy atom. The first-order valence-corrected chi connectivity index (χ1v) is 6.49. The average molecular weight is 309 g/mol. The highest BCUT2D eigenvalue weighted by atomic mass is 19.2. The second-order valence-electron chi connectivity index (χ2n) is 4.78. The van der Waals surface area contributed by atoms with Gasteiger partial charge in [-0.25, -0.2) is 18.0 Å². The Kier molecular flexibility index (Phi) is 4.82. The van der Waals surface area contributed by atoms with E-state index in [1.54, 1.807) is 12.1 Å². The lowest BCUT2D eigenvalue weighted by Crippen LogP contribution is -2.15. The summed E-state index contributed by atoms with van der Waals surface area (Å²) in [5, 5.41) is 0. The summed E-state index contributed by atoms with van der Waals surface area (Å²) >= 11 is 0. The van der Waals surface area contributed by atoms with Gasteiger partial charge < -0.3 is 10.5 Å². The number of rotatable bonds is 4. The summed E-state index contributed by atoms with van der Waals surface area (Å²) in [6, 6.07) is 6.95. The van der Waals surface area contributed by atoms with Crippen LogP contribution in [-0.4, -0.2) is 13.1 Å². The maximum absolute atomic E-state index is 13.6. The first-order valence-electron chi connectivity index (χ1n) is 6.49. The van der Waals surface area contributed by atoms with Crippen LogP contribution in [0.4, 0.5) is 13.2 Å². The van der Waals surface area contributed by atoms with Crippen LogP contribution in [0.25, 0.3) is 0 Å². The van der Waals surface area contributed by atoms with Gasteiger partial charge in [-0.05, 0) is 35.7 Å². The van der Waals surface area contributed by atoms with E-state index in [0.717, 1.165) is 6.07 Å². The first kappa shape index (κ1) is 16.0. The molecule has 0 bridgehead atoms. The van der Waals surface area contributed by atoms with E-state index in [2.05, 4.69) is 4.74 Å². The zero-order chi connectivity index (χ0) is 16.3. The van der Waals surface area contributed by atoms with Gasteiger partial charge in [-0.2, -0.15) is 0 Å². The number of nitrogens with two attached hydrogens (primary N) is 1. The molecule has 0 saturated carbocycles. The predicted molar refractivity (Wildman–Crippen MR) is 74.7 cm³/mol. The minimum atomic E-state index is -1.24. The van der Waals surface area contributed by atoms with Crippen LogP contribution in [0.1, 0.15) is 27.5 Å². The molecule has 0 fully saturated rings. The van der Waals surface area contributed by atoms with Crippen molar-refractivity contribution in [3.05, 3.63) is 70.5 Å². The third-order valence-corrected chi connectivity index (χ3v) is 3.29. The Morgan fingerprint density at radius 3 is 2.27 bits per heavy atom. The minimum Gasteiger partial charge on any atom is -0.465 e. The van der Waals surface area contributed by atoms with Crippen molar-refractivity contribution in [3.63, 3.8) is 0 Å². The molecule has 0 heterocycles. The molecule has 0 aliphatic carbocycles. The number of hydrogen-bond donors (Lipinski definition) is 1. The summed E-state index contributed by atoms with van der Waals surface area (Å²) in [4.78, 5) is 11.3. The van der Waals surface area contributed by atoms with E-state index < -0.39 is 29.5 Å². The van der Waals surface area contributed by atoms with Crippen LogP contribution in [0.2, 0.25) is 0 Å². The van der Waals surface area contributed by atoms with E-state index in [-0.39, 0.29) is 12.0 Å². The molecule has 6 heteroatoms. The lowest BCUT2D eigenvalue weighted by atomic mass is 9.98. The molecule has 2 rings (SSSR count). The largest absolute Gasteiger partial charge is 0.465 e. The van der Waals surface area contributed by atoms with Gasteiger partial charge in [0.1, 0.15) is 5.82 Å². The number of hydrogen-bond acceptors (Lipinski definition) is 3. The van der Waals surface area contributed by atoms with Gasteiger partial charge in [-0.15, -0.1) is 0 Å². The molecule has 0 radical (unpaired) electrons. The third kappa shape index (κ3) is 3.46. The number of carbonyl (C=O) groups excluding carboxylic acids is 1. The Balaban J connectivity index is 2.17. The average Bonchev–Trinajstić information content (AvgIpc) is 2.52. The molecule has 2 aromatic rings. The summed E-state index contributed by atoms with van der Waals surface area (Å²) in [5.41, 5.74) is 6.93. The molecule has 3 nitrogen and oxygen atoms in total. The molecule has 2 N–H and O–H groups in total. The van der Waals surface area contributed by atoms with Crippen molar-refractivity contribution in [2.45, 2.75) is 12.5 Å². The SMILES string of the molecule is COC(=O)c1ccc([C@H](N)Cc2cc(F)c(F)cc2F)cc1. The van der Waals surface area contributed by atoms with E-state index in [1.807, 2.05) is 0 Å². The van der Waals surface area contributed by atoms with Crippen LogP contribution in [-0.2, 0) is 11.2 Å². The standard InChI is InChI=1S/C16H14F3NO2/c1-22-16(21)10-4-2-9(3-5-10)15(20)7-11-6-13(18)14(19)8-12(11)17/h2-6,8,15H,7,20H2,1H3/t15-/m1/s1. The Labute approximate surface area is 125 Å². The molecule has 1 atom stereocenters. The monoisotopic (exact) mass is 309 g/mol. The van der Waals surface area contributed by atoms with Crippen molar-refractivity contribution in [3.8, 4) is 0 Å². The predicted octanol–water partition coefficient (Wildman–Crippen LogP) is 3.13. The van der Waals surface area contributed by atoms with Gasteiger partial charge in [0.05, 0.1) is 12.7 Å². The Morgan fingerprint density at radius 2 is 1.68 bits per heavy atom. The minimum absolute atomic E-state index is 0.000599. The lowest BCUT2D eigenvalue weighted by molar-refractivity contribution is 0.0600. The molecular weight excluding hydrogens is 295 g/mol. The first-order chi connectivity index (χ1) is 10.4. The van der Waals surface area contributed by atoms with Crippen LogP contribution in [0.15, 0.2) is 36.4 Å². The molecular formula is C16H14F3NO2. The number of esters is 1. The van der Waals surface area contributed by atoms with Crippen LogP contribution in [0.3, 0.4) is 0 Å². The number of methoxy groups -OCH3 is 1. The lowest BCUT2D eigenvalue weighted by Gasteiger charge is -2.13. The van der Waals surface area contributed by atoms with Gasteiger partial charge in [0.25, 0.3) is 0 Å². The number of halogens is 3. The highest BCUT2D eigenvalue weighted by molar-refractivity contribution is 5.89. The molecule has 0 aliphatic heterocycles. The molecule has 0 aromatic heterocycles. The molecule has 0 aliphatic rings. The third-order valence-electron chi connectivity index (χ3n) is 3.29. The summed E-state index contributed by atoms with van der Waals surface area (Å²) < 4.78 is 44.2. The van der Waals surface area contributed by atoms with Crippen molar-refractivity contribution in [2.24, 2.45) is 5.73 Å². The van der Waals surface area contributed by atoms with Crippen molar-refractivity contribution in [2.75, 3.05) is 7.11 Å². The molecule has 0 amide bonds. The maximum atomic E-state index is 13.6. The van der Waals surface area contributed by atoms with E-state index in [1.165, 1.54) is 19.2 Å². The fraction of sp³-hybridized carbons (Fsp3) is 0.188. The second-order valence-corrected chi connectivity index (χ2v) is 4.78. The Bertz CT molecular complexity index is 687. The fourth-order valence-electron chi connectivity index (χ4n) is 2.06. The second kappa shape index (κ2) is 6.62. The zero-order valence-electron chi connectivity index (χ0n) is 11.8. The van der Waals surface area contributed by atoms with Crippen LogP contribution < -0.4 is 5.73 Å². The summed E-state index contributed by atoms with van der Waals surface area (Å²) in [6.45, 7) is 0. The molecule has 22 heavy (non-hydrogen) atoms. The fourth-order valence-corrected chi connectivity index (χ4v) is 2.06. The van der Waals surface area contributed by atoms with E-state index in [9.17, 15) is 18.0 Å². The van der Waals surface area contributed by atoms with Crippen molar-refractivity contribution < 1.29 is 22.7 Å².